The van der Waals surface area contributed by atoms with E-state index in [1.807, 2.05) is 31.2 Å². The Hall–Kier alpha value is -0.600. The largest absolute Gasteiger partial charge is 0.349 e. The fourth-order valence-electron chi connectivity index (χ4n) is 0.917. The van der Waals surface area contributed by atoms with Crippen molar-refractivity contribution in [2.45, 2.75) is 6.92 Å². The van der Waals surface area contributed by atoms with Gasteiger partial charge in [0.2, 0.25) is 0 Å². The summed E-state index contributed by atoms with van der Waals surface area (Å²) in [5, 5.41) is 3.03. The molecule has 0 aliphatic carbocycles. The zero-order valence-electron chi connectivity index (χ0n) is 6.80. The summed E-state index contributed by atoms with van der Waals surface area (Å²) in [7, 11) is 0. The normalized spacial score (nSPS) is 9.50. The molecule has 0 saturated heterocycles. The molecule has 0 radical (unpaired) electrons. The Morgan fingerprint density at radius 3 is 2.92 bits per heavy atom. The monoisotopic (exact) mass is 199 g/mol. The molecule has 0 bridgehead atoms. The summed E-state index contributed by atoms with van der Waals surface area (Å²) in [6.45, 7) is 2.04. The Morgan fingerprint density at radius 1 is 1.58 bits per heavy atom. The Bertz CT molecular complexity index is 286. The summed E-state index contributed by atoms with van der Waals surface area (Å²) in [5.74, 6) is 0.364. The van der Waals surface area contributed by atoms with Crippen LogP contribution in [0.5, 0.6) is 0 Å². The number of hydrogen-bond acceptors (Lipinski definition) is 1. The van der Waals surface area contributed by atoms with Gasteiger partial charge in [-0.15, -0.1) is 11.6 Å². The zero-order valence-corrected chi connectivity index (χ0v) is 8.38. The summed E-state index contributed by atoms with van der Waals surface area (Å²) in [6, 6.07) is 8.01. The third-order valence-corrected chi connectivity index (χ3v) is 2.10. The summed E-state index contributed by atoms with van der Waals surface area (Å²) < 4.78 is 0. The molecule has 1 aromatic rings. The van der Waals surface area contributed by atoms with E-state index in [0.29, 0.717) is 10.9 Å². The molecule has 0 spiro atoms. The third-order valence-electron chi connectivity index (χ3n) is 1.42. The van der Waals surface area contributed by atoms with Crippen LogP contribution in [0.2, 0.25) is 0 Å². The topological polar surface area (TPSA) is 12.0 Å². The van der Waals surface area contributed by atoms with E-state index in [1.165, 1.54) is 5.56 Å². The van der Waals surface area contributed by atoms with Crippen molar-refractivity contribution < 1.29 is 0 Å². The molecule has 0 aromatic heterocycles. The maximum Gasteiger partial charge on any atom is 0.0947 e. The smallest absolute Gasteiger partial charge is 0.0947 e. The minimum absolute atomic E-state index is 0.364. The second-order valence-electron chi connectivity index (χ2n) is 2.55. The lowest BCUT2D eigenvalue weighted by molar-refractivity contribution is 1.47. The molecule has 0 fully saturated rings. The first kappa shape index (κ1) is 9.49. The van der Waals surface area contributed by atoms with Crippen LogP contribution in [0, 0.1) is 6.92 Å². The van der Waals surface area contributed by atoms with E-state index < -0.39 is 0 Å². The fraction of sp³-hybridized carbons (Fsp3) is 0.222. The van der Waals surface area contributed by atoms with Crippen molar-refractivity contribution in [3.8, 4) is 0 Å². The van der Waals surface area contributed by atoms with Crippen LogP contribution >= 0.6 is 23.8 Å². The standard InChI is InChI=1S/C9H10ClNS/c1-7-3-2-4-8(5-7)11-9(12)6-10/h2-5H,6H2,1H3,(H,11,12). The van der Waals surface area contributed by atoms with E-state index >= 15 is 0 Å². The molecule has 64 valence electrons. The van der Waals surface area contributed by atoms with Gasteiger partial charge in [0.15, 0.2) is 0 Å². The lowest BCUT2D eigenvalue weighted by Gasteiger charge is -2.04. The number of nitrogens with one attached hydrogen (secondary N) is 1. The molecule has 12 heavy (non-hydrogen) atoms. The van der Waals surface area contributed by atoms with Crippen LogP contribution < -0.4 is 5.32 Å². The van der Waals surface area contributed by atoms with Crippen LogP contribution in [0.1, 0.15) is 5.56 Å². The predicted molar refractivity (Wildman–Crippen MR) is 58.1 cm³/mol. The van der Waals surface area contributed by atoms with Gasteiger partial charge < -0.3 is 5.32 Å². The molecule has 0 amide bonds. The molecule has 0 heterocycles. The van der Waals surface area contributed by atoms with Gasteiger partial charge in [-0.05, 0) is 24.6 Å². The number of halogens is 1. The summed E-state index contributed by atoms with van der Waals surface area (Å²) in [4.78, 5) is 0.655. The minimum Gasteiger partial charge on any atom is -0.349 e. The average molecular weight is 200 g/mol. The molecule has 0 aliphatic rings. The van der Waals surface area contributed by atoms with Crippen molar-refractivity contribution in [1.29, 1.82) is 0 Å². The molecule has 1 N–H and O–H groups in total. The van der Waals surface area contributed by atoms with E-state index in [9.17, 15) is 0 Å². The number of alkyl halides is 1. The average Bonchev–Trinajstić information content (AvgIpc) is 2.04. The Labute approximate surface area is 82.7 Å². The van der Waals surface area contributed by atoms with Crippen LogP contribution in [0.15, 0.2) is 24.3 Å². The fourth-order valence-corrected chi connectivity index (χ4v) is 1.10. The highest BCUT2D eigenvalue weighted by atomic mass is 35.5. The van der Waals surface area contributed by atoms with Crippen molar-refractivity contribution in [1.82, 2.24) is 0 Å². The molecule has 1 aromatic carbocycles. The van der Waals surface area contributed by atoms with E-state index in [1.54, 1.807) is 0 Å². The van der Waals surface area contributed by atoms with Gasteiger partial charge in [0.25, 0.3) is 0 Å². The van der Waals surface area contributed by atoms with Crippen molar-refractivity contribution in [3.63, 3.8) is 0 Å². The molecule has 3 heteroatoms. The highest BCUT2D eigenvalue weighted by Crippen LogP contribution is 2.09. The quantitative estimate of drug-likeness (QED) is 0.581. The van der Waals surface area contributed by atoms with Gasteiger partial charge in [-0.25, -0.2) is 0 Å². The van der Waals surface area contributed by atoms with E-state index in [4.69, 9.17) is 23.8 Å². The lowest BCUT2D eigenvalue weighted by Crippen LogP contribution is -2.09. The molecule has 1 nitrogen and oxygen atoms in total. The minimum atomic E-state index is 0.364. The highest BCUT2D eigenvalue weighted by Gasteiger charge is 1.94. The van der Waals surface area contributed by atoms with Crippen LogP contribution in [-0.4, -0.2) is 10.9 Å². The lowest BCUT2D eigenvalue weighted by atomic mass is 10.2. The highest BCUT2D eigenvalue weighted by molar-refractivity contribution is 7.80. The molecular weight excluding hydrogens is 190 g/mol. The molecule has 0 aliphatic heterocycles. The van der Waals surface area contributed by atoms with Gasteiger partial charge in [-0.1, -0.05) is 24.4 Å². The predicted octanol–water partition coefficient (Wildman–Crippen LogP) is 2.97. The number of thiocarbonyl (C=S) groups is 1. The third kappa shape index (κ3) is 2.80. The van der Waals surface area contributed by atoms with Gasteiger partial charge in [-0.3, -0.25) is 0 Å². The van der Waals surface area contributed by atoms with Crippen LogP contribution in [-0.2, 0) is 0 Å². The van der Waals surface area contributed by atoms with E-state index in [2.05, 4.69) is 5.32 Å². The molecular formula is C9H10ClNS. The van der Waals surface area contributed by atoms with Gasteiger partial charge >= 0.3 is 0 Å². The van der Waals surface area contributed by atoms with Crippen molar-refractivity contribution in [2.75, 3.05) is 11.2 Å². The number of benzene rings is 1. The number of anilines is 1. The van der Waals surface area contributed by atoms with Crippen LogP contribution in [0.25, 0.3) is 0 Å². The van der Waals surface area contributed by atoms with E-state index in [-0.39, 0.29) is 0 Å². The second kappa shape index (κ2) is 4.43. The molecule has 0 unspecified atom stereocenters. The van der Waals surface area contributed by atoms with Crippen molar-refractivity contribution in [3.05, 3.63) is 29.8 Å². The summed E-state index contributed by atoms with van der Waals surface area (Å²) >= 11 is 10.5. The first-order chi connectivity index (χ1) is 5.72. The second-order valence-corrected chi connectivity index (χ2v) is 3.31. The maximum absolute atomic E-state index is 5.54. The SMILES string of the molecule is Cc1cccc(NC(=S)CCl)c1. The Balaban J connectivity index is 2.69. The molecule has 0 atom stereocenters. The zero-order chi connectivity index (χ0) is 8.97. The molecule has 0 saturated carbocycles. The van der Waals surface area contributed by atoms with Gasteiger partial charge in [0.05, 0.1) is 10.9 Å². The van der Waals surface area contributed by atoms with Crippen LogP contribution in [0.3, 0.4) is 0 Å². The van der Waals surface area contributed by atoms with Gasteiger partial charge in [0.1, 0.15) is 0 Å². The molecule has 1 rings (SSSR count). The van der Waals surface area contributed by atoms with Crippen LogP contribution in [0.4, 0.5) is 5.69 Å². The van der Waals surface area contributed by atoms with Gasteiger partial charge in [0, 0.05) is 5.69 Å². The number of aryl methyl sites for hydroxylation is 1. The first-order valence-electron chi connectivity index (χ1n) is 3.65. The number of rotatable bonds is 2. The maximum atomic E-state index is 5.54. The Kier molecular flexibility index (Phi) is 3.50. The first-order valence-corrected chi connectivity index (χ1v) is 4.59. The summed E-state index contributed by atoms with van der Waals surface area (Å²) in [5.41, 5.74) is 2.21. The summed E-state index contributed by atoms with van der Waals surface area (Å²) in [6.07, 6.45) is 0. The van der Waals surface area contributed by atoms with Crippen molar-refractivity contribution >= 4 is 34.5 Å². The van der Waals surface area contributed by atoms with Gasteiger partial charge in [-0.2, -0.15) is 0 Å². The van der Waals surface area contributed by atoms with Crippen molar-refractivity contribution in [2.24, 2.45) is 0 Å². The number of hydrogen-bond donors (Lipinski definition) is 1. The Morgan fingerprint density at radius 2 is 2.33 bits per heavy atom. The van der Waals surface area contributed by atoms with E-state index in [0.717, 1.165) is 5.69 Å².